The van der Waals surface area contributed by atoms with Crippen molar-refractivity contribution in [3.63, 3.8) is 0 Å². The maximum Gasteiger partial charge on any atom is 0.124 e. The molecule has 3 nitrogen and oxygen atoms in total. The van der Waals surface area contributed by atoms with Crippen LogP contribution in [-0.4, -0.2) is 32.1 Å². The van der Waals surface area contributed by atoms with Gasteiger partial charge in [-0.3, -0.25) is 0 Å². The Hall–Kier alpha value is -0.580. The van der Waals surface area contributed by atoms with E-state index in [0.717, 1.165) is 35.4 Å². The molecule has 17 heavy (non-hydrogen) atoms. The van der Waals surface area contributed by atoms with Crippen molar-refractivity contribution in [1.82, 2.24) is 4.90 Å². The van der Waals surface area contributed by atoms with Crippen molar-refractivity contribution in [2.75, 3.05) is 27.2 Å². The summed E-state index contributed by atoms with van der Waals surface area (Å²) in [7, 11) is 4.13. The lowest BCUT2D eigenvalue weighted by atomic mass is 10.1. The Kier molecular flexibility index (Phi) is 5.95. The average Bonchev–Trinajstić information content (AvgIpc) is 2.25. The number of ether oxygens (including phenoxy) is 1. The third-order valence-electron chi connectivity index (χ3n) is 2.47. The minimum atomic E-state index is -0.0173. The zero-order valence-corrected chi connectivity index (χ0v) is 12.3. The molecule has 96 valence electrons. The van der Waals surface area contributed by atoms with Gasteiger partial charge in [-0.25, -0.2) is 0 Å². The second kappa shape index (κ2) is 6.99. The lowest BCUT2D eigenvalue weighted by Gasteiger charge is -2.15. The van der Waals surface area contributed by atoms with Gasteiger partial charge in [0.1, 0.15) is 5.75 Å². The molecule has 0 bridgehead atoms. The molecule has 0 aromatic heterocycles. The largest absolute Gasteiger partial charge is 0.493 e. The number of hydrogen-bond donors (Lipinski definition) is 1. The lowest BCUT2D eigenvalue weighted by molar-refractivity contribution is 0.278. The quantitative estimate of drug-likeness (QED) is 0.821. The Morgan fingerprint density at radius 2 is 2.12 bits per heavy atom. The predicted molar refractivity (Wildman–Crippen MR) is 75.4 cm³/mol. The topological polar surface area (TPSA) is 38.5 Å². The summed E-state index contributed by atoms with van der Waals surface area (Å²) in [5.74, 6) is 0.891. The number of rotatable bonds is 6. The molecule has 0 saturated carbocycles. The summed E-state index contributed by atoms with van der Waals surface area (Å²) >= 11 is 3.45. The second-order valence-corrected chi connectivity index (χ2v) is 5.39. The van der Waals surface area contributed by atoms with Crippen molar-refractivity contribution >= 4 is 15.9 Å². The van der Waals surface area contributed by atoms with Crippen LogP contribution in [0.25, 0.3) is 0 Å². The highest BCUT2D eigenvalue weighted by Crippen LogP contribution is 2.27. The van der Waals surface area contributed by atoms with E-state index in [0.29, 0.717) is 0 Å². The molecule has 0 aliphatic heterocycles. The van der Waals surface area contributed by atoms with Crippen LogP contribution in [0.4, 0.5) is 0 Å². The summed E-state index contributed by atoms with van der Waals surface area (Å²) in [6.07, 6.45) is 1.02. The van der Waals surface area contributed by atoms with E-state index in [1.54, 1.807) is 0 Å². The summed E-state index contributed by atoms with van der Waals surface area (Å²) in [4.78, 5) is 2.15. The molecule has 0 saturated heterocycles. The molecule has 4 heteroatoms. The van der Waals surface area contributed by atoms with Crippen LogP contribution >= 0.6 is 15.9 Å². The molecule has 1 atom stereocenters. The minimum absolute atomic E-state index is 0.0173. The van der Waals surface area contributed by atoms with Gasteiger partial charge in [0, 0.05) is 22.6 Å². The summed E-state index contributed by atoms with van der Waals surface area (Å²) < 4.78 is 6.81. The average molecular weight is 301 g/mol. The molecule has 0 amide bonds. The van der Waals surface area contributed by atoms with Gasteiger partial charge in [0.2, 0.25) is 0 Å². The van der Waals surface area contributed by atoms with E-state index in [2.05, 4.69) is 34.9 Å². The first kappa shape index (κ1) is 14.5. The zero-order valence-electron chi connectivity index (χ0n) is 10.7. The number of nitrogens with two attached hydrogens (primary N) is 1. The van der Waals surface area contributed by atoms with Crippen molar-refractivity contribution in [2.24, 2.45) is 5.73 Å². The molecule has 0 unspecified atom stereocenters. The number of benzene rings is 1. The van der Waals surface area contributed by atoms with Gasteiger partial charge in [0.25, 0.3) is 0 Å². The molecular weight excluding hydrogens is 280 g/mol. The van der Waals surface area contributed by atoms with Gasteiger partial charge in [-0.1, -0.05) is 15.9 Å². The van der Waals surface area contributed by atoms with Gasteiger partial charge in [-0.15, -0.1) is 0 Å². The highest BCUT2D eigenvalue weighted by molar-refractivity contribution is 9.10. The van der Waals surface area contributed by atoms with Crippen LogP contribution in [0, 0.1) is 0 Å². The van der Waals surface area contributed by atoms with Crippen molar-refractivity contribution < 1.29 is 4.74 Å². The Balaban J connectivity index is 2.58. The van der Waals surface area contributed by atoms with Gasteiger partial charge < -0.3 is 15.4 Å². The van der Waals surface area contributed by atoms with Crippen LogP contribution in [0.1, 0.15) is 24.9 Å². The van der Waals surface area contributed by atoms with Gasteiger partial charge in [0.05, 0.1) is 6.61 Å². The van der Waals surface area contributed by atoms with Crippen molar-refractivity contribution in [3.8, 4) is 5.75 Å². The highest BCUT2D eigenvalue weighted by atomic mass is 79.9. The van der Waals surface area contributed by atoms with E-state index in [4.69, 9.17) is 10.5 Å². The highest BCUT2D eigenvalue weighted by Gasteiger charge is 2.08. The molecule has 2 N–H and O–H groups in total. The molecule has 1 aromatic carbocycles. The Morgan fingerprint density at radius 3 is 2.71 bits per heavy atom. The fourth-order valence-electron chi connectivity index (χ4n) is 1.57. The van der Waals surface area contributed by atoms with E-state index in [1.807, 2.05) is 25.1 Å². The lowest BCUT2D eigenvalue weighted by Crippen LogP contribution is -2.16. The monoisotopic (exact) mass is 300 g/mol. The fraction of sp³-hybridized carbons (Fsp3) is 0.538. The fourth-order valence-corrected chi connectivity index (χ4v) is 1.95. The standard InChI is InChI=1S/C13H21BrN2O/c1-10(15)12-9-11(14)5-6-13(12)17-8-4-7-16(2)3/h5-6,9-10H,4,7-8,15H2,1-3H3/t10-/m1/s1. The van der Waals surface area contributed by atoms with E-state index in [-0.39, 0.29) is 6.04 Å². The molecule has 1 rings (SSSR count). The van der Waals surface area contributed by atoms with Gasteiger partial charge in [0.15, 0.2) is 0 Å². The maximum atomic E-state index is 5.93. The van der Waals surface area contributed by atoms with Gasteiger partial charge in [-0.05, 0) is 45.6 Å². The Bertz CT molecular complexity index is 353. The molecule has 0 aliphatic carbocycles. The van der Waals surface area contributed by atoms with Crippen molar-refractivity contribution in [1.29, 1.82) is 0 Å². The smallest absolute Gasteiger partial charge is 0.124 e. The third kappa shape index (κ3) is 5.06. The zero-order chi connectivity index (χ0) is 12.8. The van der Waals surface area contributed by atoms with Crippen molar-refractivity contribution in [3.05, 3.63) is 28.2 Å². The maximum absolute atomic E-state index is 5.93. The van der Waals surface area contributed by atoms with Gasteiger partial charge in [-0.2, -0.15) is 0 Å². The van der Waals surface area contributed by atoms with E-state index in [9.17, 15) is 0 Å². The third-order valence-corrected chi connectivity index (χ3v) is 2.96. The summed E-state index contributed by atoms with van der Waals surface area (Å²) in [5, 5.41) is 0. The first-order valence-electron chi connectivity index (χ1n) is 5.83. The second-order valence-electron chi connectivity index (χ2n) is 4.48. The van der Waals surface area contributed by atoms with Crippen molar-refractivity contribution in [2.45, 2.75) is 19.4 Å². The first-order chi connectivity index (χ1) is 8.00. The number of halogens is 1. The molecule has 0 aliphatic rings. The molecular formula is C13H21BrN2O. The van der Waals surface area contributed by atoms with E-state index in [1.165, 1.54) is 0 Å². The van der Waals surface area contributed by atoms with Crippen LogP contribution in [0.3, 0.4) is 0 Å². The van der Waals surface area contributed by atoms with Crippen LogP contribution in [0.15, 0.2) is 22.7 Å². The van der Waals surface area contributed by atoms with Crippen LogP contribution < -0.4 is 10.5 Å². The Labute approximate surface area is 112 Å². The molecule has 0 radical (unpaired) electrons. The predicted octanol–water partition coefficient (Wildman–Crippen LogP) is 2.80. The van der Waals surface area contributed by atoms with Gasteiger partial charge >= 0.3 is 0 Å². The normalized spacial score (nSPS) is 12.8. The van der Waals surface area contributed by atoms with Crippen LogP contribution in [0.5, 0.6) is 5.75 Å². The molecule has 0 spiro atoms. The SMILES string of the molecule is C[C@@H](N)c1cc(Br)ccc1OCCCN(C)C. The summed E-state index contributed by atoms with van der Waals surface area (Å²) in [6.45, 7) is 3.72. The molecule has 1 aromatic rings. The number of hydrogen-bond acceptors (Lipinski definition) is 3. The van der Waals surface area contributed by atoms with E-state index >= 15 is 0 Å². The minimum Gasteiger partial charge on any atom is -0.493 e. The van der Waals surface area contributed by atoms with E-state index < -0.39 is 0 Å². The first-order valence-corrected chi connectivity index (χ1v) is 6.62. The molecule has 0 heterocycles. The van der Waals surface area contributed by atoms with Crippen LogP contribution in [-0.2, 0) is 0 Å². The summed E-state index contributed by atoms with van der Waals surface area (Å²) in [6, 6.07) is 5.95. The summed E-state index contributed by atoms with van der Waals surface area (Å²) in [5.41, 5.74) is 6.97. The molecule has 0 fully saturated rings. The number of nitrogens with zero attached hydrogens (tertiary/aromatic N) is 1. The Morgan fingerprint density at radius 1 is 1.41 bits per heavy atom. The van der Waals surface area contributed by atoms with Crippen LogP contribution in [0.2, 0.25) is 0 Å².